The highest BCUT2D eigenvalue weighted by molar-refractivity contribution is 5.94. The van der Waals surface area contributed by atoms with Crippen LogP contribution in [0.2, 0.25) is 0 Å². The molecule has 4 rings (SSSR count). The molecule has 2 aliphatic carbocycles. The molecular weight excluding hydrogens is 316 g/mol. The molecular formula is C21H26O4. The first-order valence-electron chi connectivity index (χ1n) is 9.21. The van der Waals surface area contributed by atoms with Crippen LogP contribution in [0.1, 0.15) is 67.4 Å². The van der Waals surface area contributed by atoms with Gasteiger partial charge in [-0.25, -0.2) is 4.79 Å². The molecule has 1 aliphatic heterocycles. The van der Waals surface area contributed by atoms with Gasteiger partial charge in [-0.2, -0.15) is 0 Å². The zero-order chi connectivity index (χ0) is 18.1. The van der Waals surface area contributed by atoms with E-state index in [4.69, 9.17) is 4.74 Å². The molecule has 0 aromatic heterocycles. The molecule has 2 N–H and O–H groups in total. The average molecular weight is 342 g/mol. The molecule has 1 spiro atoms. The molecule has 4 nitrogen and oxygen atoms in total. The number of rotatable bonds is 4. The number of aryl methyl sites for hydroxylation is 1. The first-order chi connectivity index (χ1) is 11.8. The summed E-state index contributed by atoms with van der Waals surface area (Å²) < 4.78 is 6.33. The number of carboxylic acids is 1. The maximum absolute atomic E-state index is 12.0. The lowest BCUT2D eigenvalue weighted by molar-refractivity contribution is 0.0417. The summed E-state index contributed by atoms with van der Waals surface area (Å²) in [5, 5.41) is 20.8. The Morgan fingerprint density at radius 3 is 2.72 bits per heavy atom. The van der Waals surface area contributed by atoms with Gasteiger partial charge in [0.15, 0.2) is 5.60 Å². The number of carboxylic acid groups (broad SMARTS) is 1. The summed E-state index contributed by atoms with van der Waals surface area (Å²) in [6.07, 6.45) is 3.31. The number of carbonyl (C=O) groups is 1. The van der Waals surface area contributed by atoms with Crippen molar-refractivity contribution in [2.75, 3.05) is 0 Å². The van der Waals surface area contributed by atoms with Crippen LogP contribution in [0.3, 0.4) is 0 Å². The second kappa shape index (κ2) is 5.10. The van der Waals surface area contributed by atoms with Crippen LogP contribution in [0.5, 0.6) is 5.75 Å². The first kappa shape index (κ1) is 16.6. The van der Waals surface area contributed by atoms with Crippen LogP contribution in [0.4, 0.5) is 0 Å². The molecule has 0 radical (unpaired) electrons. The minimum atomic E-state index is -0.941. The van der Waals surface area contributed by atoms with Crippen molar-refractivity contribution in [3.05, 3.63) is 41.0 Å². The molecule has 3 aliphatic rings. The molecule has 0 bridgehead atoms. The van der Waals surface area contributed by atoms with Crippen molar-refractivity contribution < 1.29 is 19.7 Å². The fourth-order valence-electron chi connectivity index (χ4n) is 5.44. The summed E-state index contributed by atoms with van der Waals surface area (Å²) in [4.78, 5) is 12.0. The van der Waals surface area contributed by atoms with Crippen LogP contribution < -0.4 is 4.74 Å². The zero-order valence-corrected chi connectivity index (χ0v) is 15.1. The molecule has 1 heterocycles. The van der Waals surface area contributed by atoms with Crippen LogP contribution in [-0.4, -0.2) is 27.4 Å². The summed E-state index contributed by atoms with van der Waals surface area (Å²) >= 11 is 0. The molecule has 134 valence electrons. The summed E-state index contributed by atoms with van der Waals surface area (Å²) in [5.74, 6) is -0.0386. The number of ether oxygens (including phenoxy) is 1. The lowest BCUT2D eigenvalue weighted by Crippen LogP contribution is -2.35. The topological polar surface area (TPSA) is 66.8 Å². The average Bonchev–Trinajstić information content (AvgIpc) is 2.86. The third-order valence-corrected chi connectivity index (χ3v) is 6.81. The van der Waals surface area contributed by atoms with Gasteiger partial charge in [0, 0.05) is 17.4 Å². The van der Waals surface area contributed by atoms with Gasteiger partial charge in [-0.3, -0.25) is 0 Å². The van der Waals surface area contributed by atoms with Crippen molar-refractivity contribution in [1.82, 2.24) is 0 Å². The van der Waals surface area contributed by atoms with E-state index >= 15 is 0 Å². The molecule has 2 unspecified atom stereocenters. The van der Waals surface area contributed by atoms with Gasteiger partial charge >= 0.3 is 5.97 Å². The van der Waals surface area contributed by atoms with Crippen LogP contribution in [0.15, 0.2) is 24.3 Å². The van der Waals surface area contributed by atoms with E-state index in [1.54, 1.807) is 0 Å². The summed E-state index contributed by atoms with van der Waals surface area (Å²) in [6, 6.07) is 3.96. The molecule has 25 heavy (non-hydrogen) atoms. The summed E-state index contributed by atoms with van der Waals surface area (Å²) in [7, 11) is 0. The van der Waals surface area contributed by atoms with E-state index in [0.717, 1.165) is 36.0 Å². The molecule has 4 heteroatoms. The molecule has 2 saturated carbocycles. The Bertz CT molecular complexity index is 778. The van der Waals surface area contributed by atoms with Gasteiger partial charge in [0.2, 0.25) is 0 Å². The Balaban J connectivity index is 1.85. The van der Waals surface area contributed by atoms with Gasteiger partial charge in [-0.1, -0.05) is 37.6 Å². The number of fused-ring (bicyclic) bond motifs is 2. The normalized spacial score (nSPS) is 37.5. The second-order valence-corrected chi connectivity index (χ2v) is 8.24. The van der Waals surface area contributed by atoms with Crippen LogP contribution >= 0.6 is 0 Å². The van der Waals surface area contributed by atoms with E-state index in [-0.39, 0.29) is 17.4 Å². The zero-order valence-electron chi connectivity index (χ0n) is 15.1. The maximum atomic E-state index is 12.0. The van der Waals surface area contributed by atoms with E-state index < -0.39 is 17.2 Å². The summed E-state index contributed by atoms with van der Waals surface area (Å²) in [6.45, 7) is 10.0. The van der Waals surface area contributed by atoms with Gasteiger partial charge in [0.05, 0.1) is 0 Å². The molecule has 2 fully saturated rings. The van der Waals surface area contributed by atoms with Crippen molar-refractivity contribution >= 4 is 5.97 Å². The van der Waals surface area contributed by atoms with Crippen molar-refractivity contribution in [2.24, 2.45) is 11.8 Å². The predicted molar refractivity (Wildman–Crippen MR) is 95.1 cm³/mol. The van der Waals surface area contributed by atoms with Gasteiger partial charge < -0.3 is 14.9 Å². The Labute approximate surface area is 148 Å². The molecule has 0 amide bonds. The Hall–Kier alpha value is -1.81. The standard InChI is InChI=1S/C21H26O4/c1-5-6-12-7-8-14-15-9-13(11(2)3)10-16-20(4,24)21(15,16)25-18(14)17(12)19(22)23/h7-8,13,15-16,24H,2,5-6,9-10H2,1,3-4H3,(H,22,23)/t13-,15?,16-,20-,21?/m0/s1. The van der Waals surface area contributed by atoms with Crippen LogP contribution in [0, 0.1) is 11.8 Å². The maximum Gasteiger partial charge on any atom is 0.339 e. The number of aromatic carboxylic acids is 1. The van der Waals surface area contributed by atoms with Crippen LogP contribution in [0.25, 0.3) is 0 Å². The monoisotopic (exact) mass is 342 g/mol. The lowest BCUT2D eigenvalue weighted by atomic mass is 9.74. The summed E-state index contributed by atoms with van der Waals surface area (Å²) in [5.41, 5.74) is 1.61. The number of hydrogen-bond donors (Lipinski definition) is 2. The number of hydrogen-bond acceptors (Lipinski definition) is 3. The highest BCUT2D eigenvalue weighted by atomic mass is 16.5. The Morgan fingerprint density at radius 1 is 1.40 bits per heavy atom. The van der Waals surface area contributed by atoms with Crippen LogP contribution in [-0.2, 0) is 6.42 Å². The third kappa shape index (κ3) is 1.95. The third-order valence-electron chi connectivity index (χ3n) is 6.81. The fraction of sp³-hybridized carbons (Fsp3) is 0.571. The molecule has 1 aromatic carbocycles. The molecule has 1 aromatic rings. The Kier molecular flexibility index (Phi) is 3.40. The van der Waals surface area contributed by atoms with Gasteiger partial charge in [0.25, 0.3) is 0 Å². The number of allylic oxidation sites excluding steroid dienone is 1. The largest absolute Gasteiger partial charge is 0.482 e. The Morgan fingerprint density at radius 2 is 2.12 bits per heavy atom. The highest BCUT2D eigenvalue weighted by Gasteiger charge is 2.83. The smallest absolute Gasteiger partial charge is 0.339 e. The van der Waals surface area contributed by atoms with Gasteiger partial charge in [-0.05, 0) is 44.6 Å². The van der Waals surface area contributed by atoms with E-state index in [1.807, 2.05) is 32.9 Å². The highest BCUT2D eigenvalue weighted by Crippen LogP contribution is 2.74. The number of benzene rings is 1. The van der Waals surface area contributed by atoms with Gasteiger partial charge in [-0.15, -0.1) is 0 Å². The van der Waals surface area contributed by atoms with E-state index in [2.05, 4.69) is 6.58 Å². The van der Waals surface area contributed by atoms with Crippen molar-refractivity contribution in [2.45, 2.75) is 63.6 Å². The first-order valence-corrected chi connectivity index (χ1v) is 9.21. The molecule has 5 atom stereocenters. The van der Waals surface area contributed by atoms with E-state index in [0.29, 0.717) is 18.1 Å². The van der Waals surface area contributed by atoms with Crippen molar-refractivity contribution in [1.29, 1.82) is 0 Å². The predicted octanol–water partition coefficient (Wildman–Crippen LogP) is 3.92. The van der Waals surface area contributed by atoms with Crippen molar-refractivity contribution in [3.63, 3.8) is 0 Å². The minimum absolute atomic E-state index is 0.0316. The van der Waals surface area contributed by atoms with E-state index in [1.165, 1.54) is 0 Å². The second-order valence-electron chi connectivity index (χ2n) is 8.24. The fourth-order valence-corrected chi connectivity index (χ4v) is 5.44. The molecule has 0 saturated heterocycles. The minimum Gasteiger partial charge on any atom is -0.482 e. The van der Waals surface area contributed by atoms with Gasteiger partial charge in [0.1, 0.15) is 16.9 Å². The SMILES string of the molecule is C=C(C)[C@H]1CC2c3ccc(CCC)c(C(=O)O)c3OC23[C@@H](C1)[C@]3(C)O. The van der Waals surface area contributed by atoms with E-state index in [9.17, 15) is 15.0 Å². The quantitative estimate of drug-likeness (QED) is 0.814. The van der Waals surface area contributed by atoms with Crippen molar-refractivity contribution in [3.8, 4) is 5.75 Å². The number of aliphatic hydroxyl groups is 1. The lowest BCUT2D eigenvalue weighted by Gasteiger charge is -2.30.